The number of unbranched alkanes of at least 4 members (excludes halogenated alkanes) is 2. The van der Waals surface area contributed by atoms with Crippen LogP contribution in [0.4, 0.5) is 0 Å². The van der Waals surface area contributed by atoms with E-state index >= 15 is 0 Å². The third-order valence-corrected chi connectivity index (χ3v) is 9.31. The summed E-state index contributed by atoms with van der Waals surface area (Å²) in [4.78, 5) is 74.7. The topological polar surface area (TPSA) is 139 Å². The fraction of sp³-hybridized carbons (Fsp3) is 0.618. The molecule has 3 N–H and O–H groups in total. The molecule has 4 rings (SSSR count). The van der Waals surface area contributed by atoms with Crippen LogP contribution in [0.15, 0.2) is 30.3 Å². The van der Waals surface area contributed by atoms with E-state index < -0.39 is 36.0 Å². The molecule has 3 heterocycles. The highest BCUT2D eigenvalue weighted by atomic mass is 16.6. The number of hydrogen-bond acceptors (Lipinski definition) is 6. The Bertz CT molecular complexity index is 1370. The zero-order valence-electron chi connectivity index (χ0n) is 27.1. The average molecular weight is 624 g/mol. The van der Waals surface area contributed by atoms with Crippen LogP contribution < -0.4 is 20.8 Å². The van der Waals surface area contributed by atoms with Gasteiger partial charge in [-0.1, -0.05) is 58.2 Å². The molecular weight excluding hydrogens is 574 g/mol. The van der Waals surface area contributed by atoms with Crippen LogP contribution in [0.2, 0.25) is 0 Å². The minimum Gasteiger partial charge on any atom is -0.417 e. The fourth-order valence-electron chi connectivity index (χ4n) is 6.38. The molecule has 11 nitrogen and oxygen atoms in total. The van der Waals surface area contributed by atoms with E-state index in [4.69, 9.17) is 4.84 Å². The first kappa shape index (κ1) is 34.0. The number of carbonyl (C=O) groups excluding carboxylic acids is 5. The monoisotopic (exact) mass is 623 g/mol. The number of nitrogens with zero attached hydrogens (tertiary/aromatic N) is 2. The number of aromatic nitrogens is 1. The number of piperidine rings is 1. The highest BCUT2D eigenvalue weighted by molar-refractivity contribution is 5.98. The molecule has 1 aromatic carbocycles. The molecule has 2 aromatic rings. The second-order valence-corrected chi connectivity index (χ2v) is 12.4. The number of hydrogen-bond donors (Lipinski definition) is 3. The Labute approximate surface area is 265 Å². The van der Waals surface area contributed by atoms with Gasteiger partial charge in [0.1, 0.15) is 37.1 Å². The Morgan fingerprint density at radius 2 is 1.69 bits per heavy atom. The van der Waals surface area contributed by atoms with Gasteiger partial charge in [0.25, 0.3) is 0 Å². The lowest BCUT2D eigenvalue weighted by Crippen LogP contribution is -2.64. The number of amides is 4. The van der Waals surface area contributed by atoms with Crippen LogP contribution >= 0.6 is 0 Å². The Morgan fingerprint density at radius 3 is 2.42 bits per heavy atom. The third-order valence-electron chi connectivity index (χ3n) is 9.31. The van der Waals surface area contributed by atoms with Crippen molar-refractivity contribution in [2.45, 2.75) is 116 Å². The van der Waals surface area contributed by atoms with Gasteiger partial charge in [0.05, 0.1) is 11.2 Å². The first-order chi connectivity index (χ1) is 21.7. The molecule has 0 aliphatic carbocycles. The van der Waals surface area contributed by atoms with Gasteiger partial charge in [-0.05, 0) is 50.2 Å². The molecule has 0 bridgehead atoms. The number of fused-ring (bicyclic) bond motifs is 2. The van der Waals surface area contributed by atoms with Crippen molar-refractivity contribution in [2.75, 3.05) is 13.7 Å². The number of Topliss-reactive ketones (excluding diaryl/α,β-unsaturated/α-hetero) is 1. The maximum absolute atomic E-state index is 14.0. The number of nitrogens with one attached hydrogen (secondary N) is 3. The summed E-state index contributed by atoms with van der Waals surface area (Å²) >= 11 is 0. The minimum absolute atomic E-state index is 0.105. The Balaban J connectivity index is 1.66. The second-order valence-electron chi connectivity index (χ2n) is 12.4. The standard InChI is InChI=1S/C34H49N5O6/c1-5-22(3)30-34(44)38-19-13-12-18-29(38)33(43)35-26(16-9-7-8-15-25(40)6-2)31(41)36-27(32(42)37-30)21-24-20-23-14-10-11-17-28(23)39(24)45-4/h10-11,14,17,20,22,26-27,29-30H,5-9,12-13,15-16,18-19,21H2,1-4H3,(H,35,43)(H,36,41)(H,37,42)/t22-,26+,27+,29-,30?/m1/s1. The van der Waals surface area contributed by atoms with Crippen molar-refractivity contribution in [2.24, 2.45) is 5.92 Å². The van der Waals surface area contributed by atoms with E-state index in [0.29, 0.717) is 57.2 Å². The van der Waals surface area contributed by atoms with Crippen LogP contribution in [0.5, 0.6) is 0 Å². The normalized spacial score (nSPS) is 23.7. The van der Waals surface area contributed by atoms with E-state index in [9.17, 15) is 24.0 Å². The van der Waals surface area contributed by atoms with Crippen molar-refractivity contribution in [1.29, 1.82) is 0 Å². The molecule has 11 heteroatoms. The van der Waals surface area contributed by atoms with Gasteiger partial charge in [-0.25, -0.2) is 0 Å². The van der Waals surface area contributed by atoms with Gasteiger partial charge in [0.15, 0.2) is 0 Å². The first-order valence-electron chi connectivity index (χ1n) is 16.6. The zero-order chi connectivity index (χ0) is 32.5. The molecule has 2 aliphatic heterocycles. The smallest absolute Gasteiger partial charge is 0.246 e. The van der Waals surface area contributed by atoms with Gasteiger partial charge < -0.3 is 25.7 Å². The van der Waals surface area contributed by atoms with Gasteiger partial charge in [-0.15, -0.1) is 0 Å². The van der Waals surface area contributed by atoms with Crippen LogP contribution in [0.1, 0.15) is 90.7 Å². The van der Waals surface area contributed by atoms with E-state index in [0.717, 1.165) is 30.2 Å². The number of benzene rings is 1. The molecule has 2 fully saturated rings. The van der Waals surface area contributed by atoms with Crippen LogP contribution in [-0.2, 0) is 30.4 Å². The van der Waals surface area contributed by atoms with Gasteiger partial charge >= 0.3 is 0 Å². The van der Waals surface area contributed by atoms with Crippen LogP contribution in [0.25, 0.3) is 10.9 Å². The number of rotatable bonds is 12. The van der Waals surface area contributed by atoms with Crippen molar-refractivity contribution in [1.82, 2.24) is 25.6 Å². The summed E-state index contributed by atoms with van der Waals surface area (Å²) in [5, 5.41) is 9.76. The number of carbonyl (C=O) groups is 5. The molecule has 1 aromatic heterocycles. The highest BCUT2D eigenvalue weighted by Gasteiger charge is 2.41. The van der Waals surface area contributed by atoms with Crippen molar-refractivity contribution in [3.63, 3.8) is 0 Å². The third kappa shape index (κ3) is 8.23. The molecule has 0 saturated carbocycles. The molecule has 45 heavy (non-hydrogen) atoms. The summed E-state index contributed by atoms with van der Waals surface area (Å²) in [6, 6.07) is 6.10. The van der Waals surface area contributed by atoms with Crippen molar-refractivity contribution < 1.29 is 28.8 Å². The van der Waals surface area contributed by atoms with E-state index in [1.807, 2.05) is 51.1 Å². The van der Waals surface area contributed by atoms with Crippen molar-refractivity contribution in [3.05, 3.63) is 36.0 Å². The molecular formula is C34H49N5O6. The average Bonchev–Trinajstić information content (AvgIpc) is 3.41. The summed E-state index contributed by atoms with van der Waals surface area (Å²) in [6.07, 6.45) is 6.20. The summed E-state index contributed by atoms with van der Waals surface area (Å²) in [7, 11) is 1.54. The molecule has 1 unspecified atom stereocenters. The van der Waals surface area contributed by atoms with E-state index in [2.05, 4.69) is 16.0 Å². The predicted octanol–water partition coefficient (Wildman–Crippen LogP) is 3.07. The summed E-state index contributed by atoms with van der Waals surface area (Å²) < 4.78 is 1.64. The van der Waals surface area contributed by atoms with E-state index in [-0.39, 0.29) is 29.9 Å². The largest absolute Gasteiger partial charge is 0.417 e. The Kier molecular flexibility index (Phi) is 12.0. The number of ketones is 1. The van der Waals surface area contributed by atoms with E-state index in [1.165, 1.54) is 0 Å². The van der Waals surface area contributed by atoms with Gasteiger partial charge in [0.2, 0.25) is 23.6 Å². The lowest BCUT2D eigenvalue weighted by atomic mass is 9.93. The zero-order valence-corrected chi connectivity index (χ0v) is 27.1. The molecule has 0 spiro atoms. The maximum Gasteiger partial charge on any atom is 0.246 e. The van der Waals surface area contributed by atoms with Crippen molar-refractivity contribution >= 4 is 40.3 Å². The number of para-hydroxylation sites is 1. The van der Waals surface area contributed by atoms with Gasteiger partial charge in [0, 0.05) is 31.2 Å². The molecule has 2 saturated heterocycles. The highest BCUT2D eigenvalue weighted by Crippen LogP contribution is 2.23. The second kappa shape index (κ2) is 15.9. The molecule has 246 valence electrons. The van der Waals surface area contributed by atoms with Gasteiger partial charge in [-0.3, -0.25) is 24.0 Å². The molecule has 4 amide bonds. The predicted molar refractivity (Wildman–Crippen MR) is 171 cm³/mol. The fourth-order valence-corrected chi connectivity index (χ4v) is 6.38. The Morgan fingerprint density at radius 1 is 0.956 bits per heavy atom. The summed E-state index contributed by atoms with van der Waals surface area (Å²) in [5.41, 5.74) is 1.50. The lowest BCUT2D eigenvalue weighted by Gasteiger charge is -2.39. The van der Waals surface area contributed by atoms with Gasteiger partial charge in [-0.2, -0.15) is 4.73 Å². The summed E-state index contributed by atoms with van der Waals surface area (Å²) in [6.45, 7) is 6.13. The van der Waals surface area contributed by atoms with Crippen LogP contribution in [0.3, 0.4) is 0 Å². The van der Waals surface area contributed by atoms with Crippen LogP contribution in [0, 0.1) is 5.92 Å². The molecule has 2 aliphatic rings. The minimum atomic E-state index is -1.03. The molecule has 5 atom stereocenters. The van der Waals surface area contributed by atoms with E-state index in [1.54, 1.807) is 16.7 Å². The van der Waals surface area contributed by atoms with Crippen molar-refractivity contribution in [3.8, 4) is 0 Å². The lowest BCUT2D eigenvalue weighted by molar-refractivity contribution is -0.147. The first-order valence-corrected chi connectivity index (χ1v) is 16.6. The Hall–Kier alpha value is -3.89. The maximum atomic E-state index is 14.0. The summed E-state index contributed by atoms with van der Waals surface area (Å²) in [5.74, 6) is -1.53. The quantitative estimate of drug-likeness (QED) is 0.311. The van der Waals surface area contributed by atoms with Crippen LogP contribution in [-0.4, -0.2) is 76.9 Å². The SMILES string of the molecule is CCC(=O)CCCCC[C@@H]1NC(=O)[C@H]2CCCCN2C(=O)C([C@H](C)CC)NC(=O)[C@H](Cc2cc3ccccc3n2OC)NC1=O. The molecule has 0 radical (unpaired) electrons.